The van der Waals surface area contributed by atoms with Gasteiger partial charge in [-0.3, -0.25) is 9.59 Å². The van der Waals surface area contributed by atoms with Crippen molar-refractivity contribution >= 4 is 21.7 Å². The van der Waals surface area contributed by atoms with Crippen molar-refractivity contribution in [3.63, 3.8) is 0 Å². The van der Waals surface area contributed by atoms with E-state index in [1.165, 1.54) is 6.08 Å². The average Bonchev–Trinajstić information content (AvgIpc) is 2.89. The molecule has 1 atom stereocenters. The molecule has 1 unspecified atom stereocenters. The molecule has 0 aromatic heterocycles. The van der Waals surface area contributed by atoms with Crippen molar-refractivity contribution in [1.82, 2.24) is 5.32 Å². The summed E-state index contributed by atoms with van der Waals surface area (Å²) in [6.45, 7) is 0. The van der Waals surface area contributed by atoms with Crippen LogP contribution in [0.4, 0.5) is 0 Å². The number of sulfone groups is 1. The van der Waals surface area contributed by atoms with Gasteiger partial charge in [0.25, 0.3) is 0 Å². The van der Waals surface area contributed by atoms with Gasteiger partial charge in [0.15, 0.2) is 9.84 Å². The number of amides is 1. The Morgan fingerprint density at radius 3 is 2.38 bits per heavy atom. The van der Waals surface area contributed by atoms with Crippen molar-refractivity contribution in [3.05, 3.63) is 11.5 Å². The SMILES string of the molecule is O=C(O)C1(C(=O)NC2C=CS(=O)(=O)C2)CC1. The monoisotopic (exact) mass is 245 g/mol. The van der Waals surface area contributed by atoms with Crippen molar-refractivity contribution in [2.45, 2.75) is 18.9 Å². The first-order valence-electron chi connectivity index (χ1n) is 4.81. The number of rotatable bonds is 3. The summed E-state index contributed by atoms with van der Waals surface area (Å²) in [7, 11) is -3.23. The van der Waals surface area contributed by atoms with Gasteiger partial charge in [-0.2, -0.15) is 0 Å². The minimum Gasteiger partial charge on any atom is -0.480 e. The highest BCUT2D eigenvalue weighted by Gasteiger charge is 2.57. The minimum atomic E-state index is -3.23. The van der Waals surface area contributed by atoms with Gasteiger partial charge in [-0.15, -0.1) is 0 Å². The zero-order chi connectivity index (χ0) is 12.0. The Hall–Kier alpha value is -1.37. The van der Waals surface area contributed by atoms with Crippen LogP contribution < -0.4 is 5.32 Å². The molecule has 7 heteroatoms. The van der Waals surface area contributed by atoms with Gasteiger partial charge < -0.3 is 10.4 Å². The Morgan fingerprint density at radius 1 is 1.38 bits per heavy atom. The van der Waals surface area contributed by atoms with E-state index in [-0.39, 0.29) is 5.75 Å². The predicted molar refractivity (Wildman–Crippen MR) is 54.2 cm³/mol. The summed E-state index contributed by atoms with van der Waals surface area (Å²) in [5.74, 6) is -1.92. The molecule has 1 heterocycles. The van der Waals surface area contributed by atoms with Crippen LogP contribution in [0, 0.1) is 5.41 Å². The molecule has 2 N–H and O–H groups in total. The number of carbonyl (C=O) groups excluding carboxylic acids is 1. The van der Waals surface area contributed by atoms with Gasteiger partial charge >= 0.3 is 5.97 Å². The smallest absolute Gasteiger partial charge is 0.319 e. The lowest BCUT2D eigenvalue weighted by atomic mass is 10.1. The largest absolute Gasteiger partial charge is 0.480 e. The molecule has 0 aromatic carbocycles. The van der Waals surface area contributed by atoms with Crippen LogP contribution in [0.2, 0.25) is 0 Å². The molecule has 0 bridgehead atoms. The van der Waals surface area contributed by atoms with Crippen LogP contribution >= 0.6 is 0 Å². The number of carbonyl (C=O) groups is 2. The number of carboxylic acid groups (broad SMARTS) is 1. The van der Waals surface area contributed by atoms with E-state index in [1.54, 1.807) is 0 Å². The molecule has 2 aliphatic rings. The molecule has 88 valence electrons. The Bertz CT molecular complexity index is 474. The molecule has 6 nitrogen and oxygen atoms in total. The van der Waals surface area contributed by atoms with E-state index in [0.29, 0.717) is 12.8 Å². The van der Waals surface area contributed by atoms with Crippen LogP contribution in [-0.2, 0) is 19.4 Å². The summed E-state index contributed by atoms with van der Waals surface area (Å²) in [6.07, 6.45) is 2.00. The third kappa shape index (κ3) is 1.82. The molecule has 0 aromatic rings. The van der Waals surface area contributed by atoms with Crippen LogP contribution in [0.15, 0.2) is 11.5 Å². The van der Waals surface area contributed by atoms with Gasteiger partial charge in [0.2, 0.25) is 5.91 Å². The lowest BCUT2D eigenvalue weighted by Gasteiger charge is -2.14. The predicted octanol–water partition coefficient (Wildman–Crippen LogP) is -0.722. The molecule has 1 amide bonds. The van der Waals surface area contributed by atoms with E-state index >= 15 is 0 Å². The molecular formula is C9H11NO5S. The van der Waals surface area contributed by atoms with Crippen molar-refractivity contribution in [2.75, 3.05) is 5.75 Å². The Kier molecular flexibility index (Phi) is 2.30. The summed E-state index contributed by atoms with van der Waals surface area (Å²) in [4.78, 5) is 22.4. The van der Waals surface area contributed by atoms with Gasteiger partial charge in [-0.1, -0.05) is 0 Å². The van der Waals surface area contributed by atoms with E-state index in [2.05, 4.69) is 5.32 Å². The highest BCUT2D eigenvalue weighted by molar-refractivity contribution is 7.94. The Labute approximate surface area is 92.3 Å². The molecule has 1 saturated carbocycles. The van der Waals surface area contributed by atoms with Gasteiger partial charge in [0.05, 0.1) is 11.8 Å². The fraction of sp³-hybridized carbons (Fsp3) is 0.556. The second-order valence-electron chi connectivity index (χ2n) is 4.13. The molecule has 1 aliphatic carbocycles. The van der Waals surface area contributed by atoms with E-state index in [1.807, 2.05) is 0 Å². The summed E-state index contributed by atoms with van der Waals surface area (Å²) in [5, 5.41) is 12.3. The maximum atomic E-state index is 11.6. The first-order chi connectivity index (χ1) is 7.36. The third-order valence-corrected chi connectivity index (χ3v) is 4.24. The van der Waals surface area contributed by atoms with E-state index in [4.69, 9.17) is 5.11 Å². The highest BCUT2D eigenvalue weighted by Crippen LogP contribution is 2.46. The van der Waals surface area contributed by atoms with Gasteiger partial charge in [0, 0.05) is 5.41 Å². The van der Waals surface area contributed by atoms with Gasteiger partial charge in [-0.05, 0) is 18.9 Å². The third-order valence-electron chi connectivity index (χ3n) is 2.84. The number of hydrogen-bond donors (Lipinski definition) is 2. The molecular weight excluding hydrogens is 234 g/mol. The molecule has 1 fully saturated rings. The fourth-order valence-corrected chi connectivity index (χ4v) is 2.87. The number of nitrogens with one attached hydrogen (secondary N) is 1. The summed E-state index contributed by atoms with van der Waals surface area (Å²) in [5.41, 5.74) is -1.32. The summed E-state index contributed by atoms with van der Waals surface area (Å²) < 4.78 is 22.1. The Morgan fingerprint density at radius 2 is 2.00 bits per heavy atom. The lowest BCUT2D eigenvalue weighted by molar-refractivity contribution is -0.149. The number of aliphatic carboxylic acids is 1. The first kappa shape index (κ1) is 11.1. The van der Waals surface area contributed by atoms with Crippen LogP contribution in [0.3, 0.4) is 0 Å². The second-order valence-corrected chi connectivity index (χ2v) is 6.06. The van der Waals surface area contributed by atoms with Gasteiger partial charge in [-0.25, -0.2) is 8.42 Å². The quantitative estimate of drug-likeness (QED) is 0.639. The van der Waals surface area contributed by atoms with E-state index < -0.39 is 33.2 Å². The first-order valence-corrected chi connectivity index (χ1v) is 6.53. The lowest BCUT2D eigenvalue weighted by Crippen LogP contribution is -2.43. The second kappa shape index (κ2) is 3.31. The van der Waals surface area contributed by atoms with E-state index in [9.17, 15) is 18.0 Å². The van der Waals surface area contributed by atoms with Crippen LogP contribution in [0.1, 0.15) is 12.8 Å². The molecule has 0 radical (unpaired) electrons. The highest BCUT2D eigenvalue weighted by atomic mass is 32.2. The standard InChI is InChI=1S/C9H11NO5S/c11-7(9(2-3-9)8(12)13)10-6-1-4-16(14,15)5-6/h1,4,6H,2-3,5H2,(H,10,11)(H,12,13). The maximum absolute atomic E-state index is 11.6. The molecule has 0 saturated heterocycles. The minimum absolute atomic E-state index is 0.186. The topological polar surface area (TPSA) is 101 Å². The van der Waals surface area contributed by atoms with Crippen LogP contribution in [0.5, 0.6) is 0 Å². The molecule has 16 heavy (non-hydrogen) atoms. The summed E-state index contributed by atoms with van der Waals surface area (Å²) >= 11 is 0. The van der Waals surface area contributed by atoms with Gasteiger partial charge in [0.1, 0.15) is 5.41 Å². The number of hydrogen-bond acceptors (Lipinski definition) is 4. The Balaban J connectivity index is 2.00. The van der Waals surface area contributed by atoms with Crippen molar-refractivity contribution in [2.24, 2.45) is 5.41 Å². The van der Waals surface area contributed by atoms with Crippen LogP contribution in [0.25, 0.3) is 0 Å². The summed E-state index contributed by atoms with van der Waals surface area (Å²) in [6, 6.07) is -0.602. The van der Waals surface area contributed by atoms with Crippen molar-refractivity contribution < 1.29 is 23.1 Å². The zero-order valence-corrected chi connectivity index (χ0v) is 9.16. The van der Waals surface area contributed by atoms with E-state index in [0.717, 1.165) is 5.41 Å². The number of carboxylic acids is 1. The molecule has 2 rings (SSSR count). The molecule has 1 aliphatic heterocycles. The van der Waals surface area contributed by atoms with Crippen molar-refractivity contribution in [1.29, 1.82) is 0 Å². The normalized spacial score (nSPS) is 28.6. The fourth-order valence-electron chi connectivity index (χ4n) is 1.64. The molecule has 0 spiro atoms. The van der Waals surface area contributed by atoms with Crippen LogP contribution in [-0.4, -0.2) is 37.2 Å². The maximum Gasteiger partial charge on any atom is 0.319 e. The average molecular weight is 245 g/mol. The van der Waals surface area contributed by atoms with Crippen molar-refractivity contribution in [3.8, 4) is 0 Å². The zero-order valence-electron chi connectivity index (χ0n) is 8.34.